The standard InChI is InChI=1S/C15H15BrFNO/c1-10(12-5-6-15(17)14(16)8-12)18-13-4-2-3-11(7-13)9-19/h2-8,10,18-19H,9H2,1H3. The molecule has 2 N–H and O–H groups in total. The maximum absolute atomic E-state index is 13.2. The van der Waals surface area contributed by atoms with Crippen molar-refractivity contribution >= 4 is 21.6 Å². The Labute approximate surface area is 120 Å². The van der Waals surface area contributed by atoms with E-state index < -0.39 is 0 Å². The fourth-order valence-corrected chi connectivity index (χ4v) is 2.27. The van der Waals surface area contributed by atoms with Crippen molar-refractivity contribution in [3.05, 3.63) is 63.9 Å². The van der Waals surface area contributed by atoms with Crippen molar-refractivity contribution in [2.75, 3.05) is 5.32 Å². The summed E-state index contributed by atoms with van der Waals surface area (Å²) in [6.45, 7) is 2.03. The molecule has 2 aromatic rings. The maximum Gasteiger partial charge on any atom is 0.137 e. The predicted molar refractivity (Wildman–Crippen MR) is 78.5 cm³/mol. The number of aliphatic hydroxyl groups excluding tert-OH is 1. The first-order valence-electron chi connectivity index (χ1n) is 6.01. The Morgan fingerprint density at radius 2 is 2.05 bits per heavy atom. The monoisotopic (exact) mass is 323 g/mol. The SMILES string of the molecule is CC(Nc1cccc(CO)c1)c1ccc(F)c(Br)c1. The number of hydrogen-bond donors (Lipinski definition) is 2. The summed E-state index contributed by atoms with van der Waals surface area (Å²) in [5.74, 6) is -0.266. The van der Waals surface area contributed by atoms with Gasteiger partial charge in [-0.15, -0.1) is 0 Å². The first-order chi connectivity index (χ1) is 9.10. The number of halogens is 2. The molecule has 0 heterocycles. The van der Waals surface area contributed by atoms with Crippen LogP contribution in [0.25, 0.3) is 0 Å². The van der Waals surface area contributed by atoms with E-state index in [1.807, 2.05) is 31.2 Å². The molecule has 0 aliphatic heterocycles. The number of aliphatic hydroxyl groups is 1. The minimum absolute atomic E-state index is 0.0198. The number of hydrogen-bond acceptors (Lipinski definition) is 2. The van der Waals surface area contributed by atoms with Crippen LogP contribution in [0.2, 0.25) is 0 Å². The molecular formula is C15H15BrFNO. The second-order valence-corrected chi connectivity index (χ2v) is 5.25. The van der Waals surface area contributed by atoms with Gasteiger partial charge in [0.05, 0.1) is 11.1 Å². The van der Waals surface area contributed by atoms with Gasteiger partial charge < -0.3 is 10.4 Å². The summed E-state index contributed by atoms with van der Waals surface area (Å²) in [5.41, 5.74) is 2.78. The molecule has 0 spiro atoms. The Morgan fingerprint density at radius 3 is 2.74 bits per heavy atom. The van der Waals surface area contributed by atoms with Gasteiger partial charge in [0, 0.05) is 11.7 Å². The lowest BCUT2D eigenvalue weighted by Gasteiger charge is -2.16. The average Bonchev–Trinajstić information content (AvgIpc) is 2.42. The molecule has 2 nitrogen and oxygen atoms in total. The van der Waals surface area contributed by atoms with E-state index in [-0.39, 0.29) is 18.5 Å². The third kappa shape index (κ3) is 3.55. The lowest BCUT2D eigenvalue weighted by atomic mass is 10.1. The van der Waals surface area contributed by atoms with E-state index >= 15 is 0 Å². The Balaban J connectivity index is 2.15. The third-order valence-electron chi connectivity index (χ3n) is 2.94. The molecule has 1 unspecified atom stereocenters. The molecule has 100 valence electrons. The van der Waals surface area contributed by atoms with Crippen molar-refractivity contribution in [3.63, 3.8) is 0 Å². The molecule has 0 aromatic heterocycles. The highest BCUT2D eigenvalue weighted by atomic mass is 79.9. The van der Waals surface area contributed by atoms with Crippen LogP contribution in [0, 0.1) is 5.82 Å². The fraction of sp³-hybridized carbons (Fsp3) is 0.200. The van der Waals surface area contributed by atoms with Crippen LogP contribution in [-0.2, 0) is 6.61 Å². The molecule has 0 saturated heterocycles. The predicted octanol–water partition coefficient (Wildman–Crippen LogP) is 4.25. The minimum atomic E-state index is -0.266. The van der Waals surface area contributed by atoms with Crippen molar-refractivity contribution in [1.29, 1.82) is 0 Å². The quantitative estimate of drug-likeness (QED) is 0.881. The molecule has 0 bridgehead atoms. The lowest BCUT2D eigenvalue weighted by molar-refractivity contribution is 0.282. The average molecular weight is 324 g/mol. The van der Waals surface area contributed by atoms with Gasteiger partial charge in [0.2, 0.25) is 0 Å². The molecule has 1 atom stereocenters. The van der Waals surface area contributed by atoms with Gasteiger partial charge in [0.1, 0.15) is 5.82 Å². The summed E-state index contributed by atoms with van der Waals surface area (Å²) < 4.78 is 13.7. The molecule has 2 aromatic carbocycles. The van der Waals surface area contributed by atoms with Gasteiger partial charge >= 0.3 is 0 Å². The molecule has 0 radical (unpaired) electrons. The first-order valence-corrected chi connectivity index (χ1v) is 6.80. The van der Waals surface area contributed by atoms with Crippen LogP contribution < -0.4 is 5.32 Å². The van der Waals surface area contributed by atoms with Crippen molar-refractivity contribution < 1.29 is 9.50 Å². The van der Waals surface area contributed by atoms with Crippen LogP contribution in [0.1, 0.15) is 24.1 Å². The zero-order valence-electron chi connectivity index (χ0n) is 10.5. The second-order valence-electron chi connectivity index (χ2n) is 4.40. The fourth-order valence-electron chi connectivity index (χ4n) is 1.87. The van der Waals surface area contributed by atoms with Crippen LogP contribution in [0.15, 0.2) is 46.9 Å². The van der Waals surface area contributed by atoms with Crippen LogP contribution >= 0.6 is 15.9 Å². The topological polar surface area (TPSA) is 32.3 Å². The van der Waals surface area contributed by atoms with E-state index in [0.717, 1.165) is 16.8 Å². The van der Waals surface area contributed by atoms with Crippen LogP contribution in [0.3, 0.4) is 0 Å². The van der Waals surface area contributed by atoms with Crippen molar-refractivity contribution in [3.8, 4) is 0 Å². The van der Waals surface area contributed by atoms with E-state index in [1.54, 1.807) is 12.1 Å². The van der Waals surface area contributed by atoms with Crippen LogP contribution in [-0.4, -0.2) is 5.11 Å². The zero-order chi connectivity index (χ0) is 13.8. The molecule has 0 aliphatic carbocycles. The minimum Gasteiger partial charge on any atom is -0.392 e. The zero-order valence-corrected chi connectivity index (χ0v) is 12.1. The van der Waals surface area contributed by atoms with E-state index in [0.29, 0.717) is 4.47 Å². The van der Waals surface area contributed by atoms with E-state index in [4.69, 9.17) is 5.11 Å². The Hall–Kier alpha value is -1.39. The summed E-state index contributed by atoms with van der Waals surface area (Å²) in [5, 5.41) is 12.4. The van der Waals surface area contributed by atoms with Gasteiger partial charge in [-0.3, -0.25) is 0 Å². The molecule has 4 heteroatoms. The number of nitrogens with one attached hydrogen (secondary N) is 1. The molecule has 0 saturated carbocycles. The summed E-state index contributed by atoms with van der Waals surface area (Å²) in [6.07, 6.45) is 0. The van der Waals surface area contributed by atoms with Gasteiger partial charge in [-0.05, 0) is 58.2 Å². The van der Waals surface area contributed by atoms with Gasteiger partial charge in [-0.1, -0.05) is 18.2 Å². The van der Waals surface area contributed by atoms with Gasteiger partial charge in [-0.25, -0.2) is 4.39 Å². The van der Waals surface area contributed by atoms with Crippen molar-refractivity contribution in [1.82, 2.24) is 0 Å². The Bertz CT molecular complexity index is 574. The number of benzene rings is 2. The smallest absolute Gasteiger partial charge is 0.137 e. The number of anilines is 1. The van der Waals surface area contributed by atoms with Crippen LogP contribution in [0.4, 0.5) is 10.1 Å². The molecular weight excluding hydrogens is 309 g/mol. The first kappa shape index (κ1) is 14.0. The maximum atomic E-state index is 13.2. The summed E-state index contributed by atoms with van der Waals surface area (Å²) in [4.78, 5) is 0. The lowest BCUT2D eigenvalue weighted by Crippen LogP contribution is -2.07. The molecule has 0 aliphatic rings. The summed E-state index contributed by atoms with van der Waals surface area (Å²) in [7, 11) is 0. The van der Waals surface area contributed by atoms with Crippen LogP contribution in [0.5, 0.6) is 0 Å². The summed E-state index contributed by atoms with van der Waals surface area (Å²) >= 11 is 3.19. The Morgan fingerprint density at radius 1 is 1.26 bits per heavy atom. The Kier molecular flexibility index (Phi) is 4.56. The van der Waals surface area contributed by atoms with E-state index in [1.165, 1.54) is 6.07 Å². The largest absolute Gasteiger partial charge is 0.392 e. The normalized spacial score (nSPS) is 12.2. The van der Waals surface area contributed by atoms with Gasteiger partial charge in [0.25, 0.3) is 0 Å². The second kappa shape index (κ2) is 6.17. The van der Waals surface area contributed by atoms with E-state index in [2.05, 4.69) is 21.2 Å². The highest BCUT2D eigenvalue weighted by molar-refractivity contribution is 9.10. The summed E-state index contributed by atoms with van der Waals surface area (Å²) in [6, 6.07) is 12.6. The van der Waals surface area contributed by atoms with Gasteiger partial charge in [0.15, 0.2) is 0 Å². The molecule has 2 rings (SSSR count). The number of rotatable bonds is 4. The molecule has 0 fully saturated rings. The highest BCUT2D eigenvalue weighted by Crippen LogP contribution is 2.24. The molecule has 19 heavy (non-hydrogen) atoms. The van der Waals surface area contributed by atoms with E-state index in [9.17, 15) is 4.39 Å². The van der Waals surface area contributed by atoms with Gasteiger partial charge in [-0.2, -0.15) is 0 Å². The van der Waals surface area contributed by atoms with Crippen molar-refractivity contribution in [2.24, 2.45) is 0 Å². The third-order valence-corrected chi connectivity index (χ3v) is 3.54. The molecule has 0 amide bonds. The highest BCUT2D eigenvalue weighted by Gasteiger charge is 2.08. The van der Waals surface area contributed by atoms with Crippen molar-refractivity contribution in [2.45, 2.75) is 19.6 Å².